The lowest BCUT2D eigenvalue weighted by molar-refractivity contribution is -0.385. The van der Waals surface area contributed by atoms with Crippen LogP contribution in [-0.4, -0.2) is 4.92 Å². The van der Waals surface area contributed by atoms with E-state index in [-0.39, 0.29) is 17.3 Å². The van der Waals surface area contributed by atoms with Gasteiger partial charge in [0.15, 0.2) is 0 Å². The number of nitrogens with zero attached hydrogens (tertiary/aromatic N) is 1. The summed E-state index contributed by atoms with van der Waals surface area (Å²) in [5, 5.41) is 11.5. The first kappa shape index (κ1) is 15.1. The van der Waals surface area contributed by atoms with Crippen molar-refractivity contribution in [2.24, 2.45) is 0 Å². The van der Waals surface area contributed by atoms with Crippen molar-refractivity contribution >= 4 is 44.8 Å². The first-order valence-electron chi connectivity index (χ1n) is 5.48. The Labute approximate surface area is 133 Å². The number of hydrogen-bond acceptors (Lipinski definition) is 3. The molecular formula is C13H8BrCl2NO3. The summed E-state index contributed by atoms with van der Waals surface area (Å²) < 4.78 is 6.19. The molecule has 0 unspecified atom stereocenters. The molecule has 0 spiro atoms. The summed E-state index contributed by atoms with van der Waals surface area (Å²) in [5.74, 6) is 0.684. The molecule has 20 heavy (non-hydrogen) atoms. The Morgan fingerprint density at radius 3 is 2.65 bits per heavy atom. The van der Waals surface area contributed by atoms with Gasteiger partial charge in [-0.05, 0) is 24.3 Å². The van der Waals surface area contributed by atoms with E-state index < -0.39 is 4.92 Å². The second-order valence-corrected chi connectivity index (χ2v) is 5.41. The minimum absolute atomic E-state index is 0.131. The van der Waals surface area contributed by atoms with Gasteiger partial charge in [-0.1, -0.05) is 33.6 Å². The quantitative estimate of drug-likeness (QED) is 0.399. The van der Waals surface area contributed by atoms with Crippen LogP contribution in [0.2, 0.25) is 5.02 Å². The molecule has 2 aromatic rings. The van der Waals surface area contributed by atoms with E-state index in [1.54, 1.807) is 24.3 Å². The molecule has 0 amide bonds. The van der Waals surface area contributed by atoms with Gasteiger partial charge in [-0.3, -0.25) is 10.1 Å². The van der Waals surface area contributed by atoms with Crippen LogP contribution in [0.15, 0.2) is 40.9 Å². The molecule has 0 aromatic heterocycles. The Balaban J connectivity index is 2.45. The first-order valence-corrected chi connectivity index (χ1v) is 7.18. The van der Waals surface area contributed by atoms with E-state index in [1.165, 1.54) is 12.1 Å². The molecule has 0 heterocycles. The smallest absolute Gasteiger partial charge is 0.312 e. The first-order chi connectivity index (χ1) is 9.52. The number of benzene rings is 2. The SMILES string of the molecule is O=[N+]([O-])c1cc(Br)ccc1Oc1cccc(Cl)c1CCl. The fourth-order valence-corrected chi connectivity index (χ4v) is 2.53. The molecular weight excluding hydrogens is 369 g/mol. The van der Waals surface area contributed by atoms with Gasteiger partial charge >= 0.3 is 5.69 Å². The third-order valence-electron chi connectivity index (χ3n) is 2.55. The van der Waals surface area contributed by atoms with Crippen molar-refractivity contribution in [3.8, 4) is 11.5 Å². The topological polar surface area (TPSA) is 52.4 Å². The van der Waals surface area contributed by atoms with Crippen molar-refractivity contribution < 1.29 is 9.66 Å². The maximum Gasteiger partial charge on any atom is 0.312 e. The Morgan fingerprint density at radius 1 is 1.25 bits per heavy atom. The molecule has 7 heteroatoms. The molecule has 0 fully saturated rings. The van der Waals surface area contributed by atoms with Crippen molar-refractivity contribution in [1.29, 1.82) is 0 Å². The lowest BCUT2D eigenvalue weighted by Gasteiger charge is -2.11. The molecule has 104 valence electrons. The van der Waals surface area contributed by atoms with Gasteiger partial charge in [-0.15, -0.1) is 11.6 Å². The summed E-state index contributed by atoms with van der Waals surface area (Å²) in [6.45, 7) is 0. The highest BCUT2D eigenvalue weighted by atomic mass is 79.9. The van der Waals surface area contributed by atoms with E-state index in [2.05, 4.69) is 15.9 Å². The zero-order valence-electron chi connectivity index (χ0n) is 9.98. The van der Waals surface area contributed by atoms with E-state index in [1.807, 2.05) is 0 Å². The molecule has 0 aliphatic rings. The summed E-state index contributed by atoms with van der Waals surface area (Å²) in [4.78, 5) is 10.5. The highest BCUT2D eigenvalue weighted by molar-refractivity contribution is 9.10. The normalized spacial score (nSPS) is 10.3. The van der Waals surface area contributed by atoms with Gasteiger partial charge in [-0.2, -0.15) is 0 Å². The van der Waals surface area contributed by atoms with Crippen molar-refractivity contribution in [1.82, 2.24) is 0 Å². The third kappa shape index (κ3) is 3.23. The zero-order valence-corrected chi connectivity index (χ0v) is 13.1. The van der Waals surface area contributed by atoms with Gasteiger partial charge in [0.25, 0.3) is 0 Å². The van der Waals surface area contributed by atoms with Crippen LogP contribution in [-0.2, 0) is 5.88 Å². The molecule has 0 aliphatic carbocycles. The van der Waals surface area contributed by atoms with Crippen LogP contribution in [0.5, 0.6) is 11.5 Å². The van der Waals surface area contributed by atoms with Crippen LogP contribution in [0.4, 0.5) is 5.69 Å². The predicted octanol–water partition coefficient (Wildman–Crippen LogP) is 5.54. The van der Waals surface area contributed by atoms with Crippen LogP contribution in [0.3, 0.4) is 0 Å². The van der Waals surface area contributed by atoms with Gasteiger partial charge in [-0.25, -0.2) is 0 Å². The summed E-state index contributed by atoms with van der Waals surface area (Å²) >= 11 is 15.0. The summed E-state index contributed by atoms with van der Waals surface area (Å²) in [6.07, 6.45) is 0. The number of halogens is 3. The fourth-order valence-electron chi connectivity index (χ4n) is 1.60. The van der Waals surface area contributed by atoms with Crippen molar-refractivity contribution in [3.05, 3.63) is 61.6 Å². The van der Waals surface area contributed by atoms with Crippen molar-refractivity contribution in [2.45, 2.75) is 5.88 Å². The number of nitro groups is 1. The zero-order chi connectivity index (χ0) is 14.7. The minimum Gasteiger partial charge on any atom is -0.450 e. The molecule has 0 radical (unpaired) electrons. The molecule has 0 saturated carbocycles. The molecule has 2 rings (SSSR count). The van der Waals surface area contributed by atoms with Crippen LogP contribution in [0.1, 0.15) is 5.56 Å². The Kier molecular flexibility index (Phi) is 4.86. The standard InChI is InChI=1S/C13H8BrCl2NO3/c14-8-4-5-13(11(6-8)17(18)19)20-12-3-1-2-10(16)9(12)7-15/h1-6H,7H2. The maximum absolute atomic E-state index is 11.0. The minimum atomic E-state index is -0.509. The van der Waals surface area contributed by atoms with E-state index in [9.17, 15) is 10.1 Å². The monoisotopic (exact) mass is 375 g/mol. The molecule has 0 atom stereocenters. The largest absolute Gasteiger partial charge is 0.450 e. The molecule has 0 N–H and O–H groups in total. The Bertz CT molecular complexity index is 664. The van der Waals surface area contributed by atoms with Crippen LogP contribution in [0.25, 0.3) is 0 Å². The van der Waals surface area contributed by atoms with Crippen LogP contribution < -0.4 is 4.74 Å². The fraction of sp³-hybridized carbons (Fsp3) is 0.0769. The van der Waals surface area contributed by atoms with Gasteiger partial charge in [0.2, 0.25) is 5.75 Å². The lowest BCUT2D eigenvalue weighted by Crippen LogP contribution is -1.95. The number of nitro benzene ring substituents is 1. The van der Waals surface area contributed by atoms with Gasteiger partial charge in [0.1, 0.15) is 5.75 Å². The molecule has 0 bridgehead atoms. The Hall–Kier alpha value is -1.30. The van der Waals surface area contributed by atoms with Crippen molar-refractivity contribution in [2.75, 3.05) is 0 Å². The van der Waals surface area contributed by atoms with E-state index in [0.29, 0.717) is 20.8 Å². The molecule has 0 aliphatic heterocycles. The Morgan fingerprint density at radius 2 is 2.00 bits per heavy atom. The van der Waals surface area contributed by atoms with Crippen LogP contribution >= 0.6 is 39.1 Å². The third-order valence-corrected chi connectivity index (χ3v) is 3.66. The van der Waals surface area contributed by atoms with Crippen LogP contribution in [0, 0.1) is 10.1 Å². The maximum atomic E-state index is 11.0. The van der Waals surface area contributed by atoms with Crippen molar-refractivity contribution in [3.63, 3.8) is 0 Å². The average Bonchev–Trinajstić information content (AvgIpc) is 2.41. The molecule has 4 nitrogen and oxygen atoms in total. The average molecular weight is 377 g/mol. The second-order valence-electron chi connectivity index (χ2n) is 3.82. The highest BCUT2D eigenvalue weighted by Gasteiger charge is 2.18. The number of rotatable bonds is 4. The highest BCUT2D eigenvalue weighted by Crippen LogP contribution is 2.37. The summed E-state index contributed by atoms with van der Waals surface area (Å²) in [5.41, 5.74) is 0.452. The van der Waals surface area contributed by atoms with E-state index in [4.69, 9.17) is 27.9 Å². The number of hydrogen-bond donors (Lipinski definition) is 0. The molecule has 2 aromatic carbocycles. The van der Waals surface area contributed by atoms with Gasteiger partial charge < -0.3 is 4.74 Å². The molecule has 0 saturated heterocycles. The van der Waals surface area contributed by atoms with Gasteiger partial charge in [0.05, 0.1) is 10.8 Å². The number of ether oxygens (including phenoxy) is 1. The summed E-state index contributed by atoms with van der Waals surface area (Å²) in [6, 6.07) is 9.59. The van der Waals surface area contributed by atoms with E-state index in [0.717, 1.165) is 0 Å². The summed E-state index contributed by atoms with van der Waals surface area (Å²) in [7, 11) is 0. The lowest BCUT2D eigenvalue weighted by atomic mass is 10.2. The second kappa shape index (κ2) is 6.43. The van der Waals surface area contributed by atoms with E-state index >= 15 is 0 Å². The number of alkyl halides is 1. The predicted molar refractivity (Wildman–Crippen MR) is 81.9 cm³/mol. The van der Waals surface area contributed by atoms with Gasteiger partial charge in [0, 0.05) is 21.1 Å².